The number of hydrogen-bond acceptors (Lipinski definition) is 7. The van der Waals surface area contributed by atoms with Crippen molar-refractivity contribution in [3.63, 3.8) is 0 Å². The predicted octanol–water partition coefficient (Wildman–Crippen LogP) is 1.83. The molecule has 0 aromatic carbocycles. The van der Waals surface area contributed by atoms with Crippen molar-refractivity contribution in [2.75, 3.05) is 48.3 Å². The molecule has 0 amide bonds. The molecule has 2 aliphatic rings. The van der Waals surface area contributed by atoms with Crippen molar-refractivity contribution >= 4 is 23.3 Å². The number of esters is 1. The van der Waals surface area contributed by atoms with Gasteiger partial charge in [-0.05, 0) is 39.0 Å². The van der Waals surface area contributed by atoms with Gasteiger partial charge in [-0.3, -0.25) is 4.79 Å². The van der Waals surface area contributed by atoms with E-state index in [1.807, 2.05) is 6.92 Å². The predicted molar refractivity (Wildman–Crippen MR) is 94.1 cm³/mol. The molecule has 0 radical (unpaired) electrons. The first kappa shape index (κ1) is 16.8. The first-order valence-electron chi connectivity index (χ1n) is 8.97. The Kier molecular flexibility index (Phi) is 5.37. The molecule has 0 spiro atoms. The quantitative estimate of drug-likeness (QED) is 0.841. The standard InChI is InChI=1S/C17H27N5O2/c1-2-24-17(23)13-6-10-22(11-7-13)16-14(18)15(19-12-20-16)21-8-4-3-5-9-21/h12-13H,2-11,18H2,1H3. The van der Waals surface area contributed by atoms with Crippen molar-refractivity contribution in [3.8, 4) is 0 Å². The van der Waals surface area contributed by atoms with Gasteiger partial charge in [0, 0.05) is 26.2 Å². The summed E-state index contributed by atoms with van der Waals surface area (Å²) in [6.07, 6.45) is 6.80. The van der Waals surface area contributed by atoms with Crippen LogP contribution < -0.4 is 15.5 Å². The van der Waals surface area contributed by atoms with Gasteiger partial charge in [-0.2, -0.15) is 0 Å². The Hall–Kier alpha value is -2.05. The highest BCUT2D eigenvalue weighted by Crippen LogP contribution is 2.32. The lowest BCUT2D eigenvalue weighted by Crippen LogP contribution is -2.38. The molecule has 3 heterocycles. The highest BCUT2D eigenvalue weighted by molar-refractivity contribution is 5.77. The third-order valence-electron chi connectivity index (χ3n) is 4.91. The second-order valence-electron chi connectivity index (χ2n) is 6.50. The summed E-state index contributed by atoms with van der Waals surface area (Å²) in [5.74, 6) is 1.56. The number of anilines is 3. The monoisotopic (exact) mass is 333 g/mol. The molecule has 24 heavy (non-hydrogen) atoms. The van der Waals surface area contributed by atoms with E-state index in [1.165, 1.54) is 19.3 Å². The third-order valence-corrected chi connectivity index (χ3v) is 4.91. The van der Waals surface area contributed by atoms with Crippen LogP contribution >= 0.6 is 0 Å². The van der Waals surface area contributed by atoms with Crippen LogP contribution in [-0.4, -0.2) is 48.7 Å². The molecule has 0 aliphatic carbocycles. The summed E-state index contributed by atoms with van der Waals surface area (Å²) in [4.78, 5) is 25.1. The van der Waals surface area contributed by atoms with Gasteiger partial charge in [0.05, 0.1) is 12.5 Å². The van der Waals surface area contributed by atoms with E-state index in [2.05, 4.69) is 19.8 Å². The van der Waals surface area contributed by atoms with Crippen molar-refractivity contribution in [3.05, 3.63) is 6.33 Å². The molecule has 2 fully saturated rings. The van der Waals surface area contributed by atoms with Crippen molar-refractivity contribution in [1.82, 2.24) is 9.97 Å². The summed E-state index contributed by atoms with van der Waals surface area (Å²) < 4.78 is 5.13. The number of nitrogen functional groups attached to an aromatic ring is 1. The Labute approximate surface area is 143 Å². The Morgan fingerprint density at radius 3 is 2.29 bits per heavy atom. The second-order valence-corrected chi connectivity index (χ2v) is 6.50. The molecule has 0 unspecified atom stereocenters. The highest BCUT2D eigenvalue weighted by Gasteiger charge is 2.28. The number of carbonyl (C=O) groups excluding carboxylic acids is 1. The lowest BCUT2D eigenvalue weighted by Gasteiger charge is -2.34. The van der Waals surface area contributed by atoms with Gasteiger partial charge in [-0.25, -0.2) is 9.97 Å². The SMILES string of the molecule is CCOC(=O)C1CCN(c2ncnc(N3CCCCC3)c2N)CC1. The maximum atomic E-state index is 11.9. The van der Waals surface area contributed by atoms with E-state index in [0.717, 1.165) is 50.7 Å². The first-order chi connectivity index (χ1) is 11.7. The minimum Gasteiger partial charge on any atom is -0.466 e. The molecule has 2 saturated heterocycles. The van der Waals surface area contributed by atoms with Gasteiger partial charge in [0.25, 0.3) is 0 Å². The maximum absolute atomic E-state index is 11.9. The van der Waals surface area contributed by atoms with Crippen LogP contribution in [0.5, 0.6) is 0 Å². The third kappa shape index (κ3) is 3.55. The Balaban J connectivity index is 1.68. The number of hydrogen-bond donors (Lipinski definition) is 1. The van der Waals surface area contributed by atoms with E-state index in [4.69, 9.17) is 10.5 Å². The molecule has 3 rings (SSSR count). The Morgan fingerprint density at radius 1 is 1.12 bits per heavy atom. The molecule has 1 aromatic rings. The fraction of sp³-hybridized carbons (Fsp3) is 0.706. The van der Waals surface area contributed by atoms with Crippen molar-refractivity contribution in [2.24, 2.45) is 5.92 Å². The van der Waals surface area contributed by atoms with E-state index >= 15 is 0 Å². The molecule has 0 bridgehead atoms. The molecule has 7 nitrogen and oxygen atoms in total. The van der Waals surface area contributed by atoms with Gasteiger partial charge >= 0.3 is 5.97 Å². The topological polar surface area (TPSA) is 84.6 Å². The summed E-state index contributed by atoms with van der Waals surface area (Å²) in [6, 6.07) is 0. The van der Waals surface area contributed by atoms with Crippen LogP contribution in [0.15, 0.2) is 6.33 Å². The smallest absolute Gasteiger partial charge is 0.309 e. The van der Waals surface area contributed by atoms with Crippen molar-refractivity contribution < 1.29 is 9.53 Å². The molecule has 1 aromatic heterocycles. The summed E-state index contributed by atoms with van der Waals surface area (Å²) in [5, 5.41) is 0. The van der Waals surface area contributed by atoms with Crippen LogP contribution in [0.2, 0.25) is 0 Å². The lowest BCUT2D eigenvalue weighted by atomic mass is 9.97. The molecular formula is C17H27N5O2. The normalized spacial score (nSPS) is 19.4. The molecule has 2 aliphatic heterocycles. The highest BCUT2D eigenvalue weighted by atomic mass is 16.5. The first-order valence-corrected chi connectivity index (χ1v) is 8.97. The fourth-order valence-corrected chi connectivity index (χ4v) is 3.57. The van der Waals surface area contributed by atoms with E-state index in [1.54, 1.807) is 6.33 Å². The number of nitrogens with two attached hydrogens (primary N) is 1. The fourth-order valence-electron chi connectivity index (χ4n) is 3.57. The number of aromatic nitrogens is 2. The van der Waals surface area contributed by atoms with Crippen molar-refractivity contribution in [1.29, 1.82) is 0 Å². The molecule has 132 valence electrons. The van der Waals surface area contributed by atoms with Crippen LogP contribution in [0.4, 0.5) is 17.3 Å². The zero-order valence-electron chi connectivity index (χ0n) is 14.4. The minimum absolute atomic E-state index is 0.00849. The number of piperidine rings is 2. The number of carbonyl (C=O) groups is 1. The lowest BCUT2D eigenvalue weighted by molar-refractivity contribution is -0.148. The van der Waals surface area contributed by atoms with Gasteiger partial charge in [-0.15, -0.1) is 0 Å². The van der Waals surface area contributed by atoms with E-state index in [0.29, 0.717) is 12.3 Å². The maximum Gasteiger partial charge on any atom is 0.309 e. The van der Waals surface area contributed by atoms with Gasteiger partial charge in [-0.1, -0.05) is 0 Å². The number of nitrogens with zero attached hydrogens (tertiary/aromatic N) is 4. The van der Waals surface area contributed by atoms with Gasteiger partial charge in [0.1, 0.15) is 12.0 Å². The summed E-state index contributed by atoms with van der Waals surface area (Å²) in [6.45, 7) is 5.83. The Bertz CT molecular complexity index is 566. The van der Waals surface area contributed by atoms with Gasteiger partial charge < -0.3 is 20.3 Å². The number of ether oxygens (including phenoxy) is 1. The molecule has 7 heteroatoms. The molecule has 0 saturated carbocycles. The van der Waals surface area contributed by atoms with Crippen molar-refractivity contribution in [2.45, 2.75) is 39.0 Å². The average molecular weight is 333 g/mol. The van der Waals surface area contributed by atoms with Gasteiger partial charge in [0.2, 0.25) is 0 Å². The average Bonchev–Trinajstić information content (AvgIpc) is 2.63. The summed E-state index contributed by atoms with van der Waals surface area (Å²) in [5.41, 5.74) is 7.05. The van der Waals surface area contributed by atoms with Crippen LogP contribution in [-0.2, 0) is 9.53 Å². The molecule has 0 atom stereocenters. The Morgan fingerprint density at radius 2 is 1.71 bits per heavy atom. The number of rotatable bonds is 4. The van der Waals surface area contributed by atoms with E-state index in [9.17, 15) is 4.79 Å². The van der Waals surface area contributed by atoms with Crippen LogP contribution in [0.25, 0.3) is 0 Å². The largest absolute Gasteiger partial charge is 0.466 e. The summed E-state index contributed by atoms with van der Waals surface area (Å²) in [7, 11) is 0. The van der Waals surface area contributed by atoms with Gasteiger partial charge in [0.15, 0.2) is 11.6 Å². The van der Waals surface area contributed by atoms with Crippen LogP contribution in [0.3, 0.4) is 0 Å². The molecular weight excluding hydrogens is 306 g/mol. The van der Waals surface area contributed by atoms with E-state index in [-0.39, 0.29) is 11.9 Å². The summed E-state index contributed by atoms with van der Waals surface area (Å²) >= 11 is 0. The molecule has 2 N–H and O–H groups in total. The zero-order chi connectivity index (χ0) is 16.9. The second kappa shape index (κ2) is 7.68. The van der Waals surface area contributed by atoms with Crippen LogP contribution in [0.1, 0.15) is 39.0 Å². The zero-order valence-corrected chi connectivity index (χ0v) is 14.4. The van der Waals surface area contributed by atoms with Crippen LogP contribution in [0, 0.1) is 5.92 Å². The minimum atomic E-state index is -0.0817. The van der Waals surface area contributed by atoms with E-state index < -0.39 is 0 Å².